The summed E-state index contributed by atoms with van der Waals surface area (Å²) in [5.41, 5.74) is -0.0542. The van der Waals surface area contributed by atoms with Gasteiger partial charge in [0.1, 0.15) is 18.2 Å². The van der Waals surface area contributed by atoms with Crippen LogP contribution in [0.2, 0.25) is 0 Å². The zero-order chi connectivity index (χ0) is 12.6. The molecule has 0 saturated carbocycles. The summed E-state index contributed by atoms with van der Waals surface area (Å²) in [5.74, 6) is 0.714. The Hall–Kier alpha value is -1.09. The van der Waals surface area contributed by atoms with Crippen LogP contribution < -0.4 is 5.32 Å². The monoisotopic (exact) mass is 269 g/mol. The van der Waals surface area contributed by atoms with E-state index >= 15 is 0 Å². The van der Waals surface area contributed by atoms with Crippen molar-refractivity contribution in [2.45, 2.75) is 25.7 Å². The molecule has 0 aliphatic carbocycles. The molecule has 98 valence electrons. The van der Waals surface area contributed by atoms with Gasteiger partial charge < -0.3 is 14.8 Å². The van der Waals surface area contributed by atoms with E-state index in [9.17, 15) is 0 Å². The Morgan fingerprint density at radius 3 is 2.89 bits per heavy atom. The van der Waals surface area contributed by atoms with Crippen molar-refractivity contribution in [3.63, 3.8) is 0 Å². The summed E-state index contributed by atoms with van der Waals surface area (Å²) >= 11 is 1.50. The van der Waals surface area contributed by atoms with Gasteiger partial charge in [-0.25, -0.2) is 0 Å². The Balaban J connectivity index is 1.72. The highest BCUT2D eigenvalue weighted by Gasteiger charge is 2.32. The molecule has 2 aromatic heterocycles. The molecular weight excluding hydrogens is 254 g/mol. The van der Waals surface area contributed by atoms with Crippen LogP contribution in [-0.4, -0.2) is 45.6 Å². The Labute approximate surface area is 108 Å². The number of ether oxygens (including phenoxy) is 2. The van der Waals surface area contributed by atoms with Gasteiger partial charge in [-0.3, -0.25) is 0 Å². The highest BCUT2D eigenvalue weighted by molar-refractivity contribution is 7.16. The van der Waals surface area contributed by atoms with Crippen LogP contribution >= 0.6 is 11.3 Å². The molecule has 0 aromatic carbocycles. The minimum atomic E-state index is -0.0542. The number of hydrogen-bond donors (Lipinski definition) is 1. The molecule has 2 aromatic rings. The third kappa shape index (κ3) is 2.12. The quantitative estimate of drug-likeness (QED) is 0.836. The summed E-state index contributed by atoms with van der Waals surface area (Å²) in [6.07, 6.45) is 0. The fourth-order valence-corrected chi connectivity index (χ4v) is 2.55. The topological polar surface area (TPSA) is 73.6 Å². The number of fused-ring (bicyclic) bond motifs is 1. The Kier molecular flexibility index (Phi) is 3.02. The van der Waals surface area contributed by atoms with Crippen molar-refractivity contribution in [3.8, 4) is 0 Å². The molecule has 1 N–H and O–H groups in total. The fourth-order valence-electron chi connectivity index (χ4n) is 1.79. The number of aromatic nitrogens is 4. The highest BCUT2D eigenvalue weighted by Crippen LogP contribution is 2.20. The van der Waals surface area contributed by atoms with Crippen LogP contribution in [0.25, 0.3) is 4.96 Å². The molecule has 0 unspecified atom stereocenters. The standard InChI is InChI=1S/C10H15N5O2S/c1-10(5-11-6-10)17-4-8-14-15-7(3-16-2)12-13-9(15)18-8/h11H,3-6H2,1-2H3. The Bertz CT molecular complexity index is 547. The molecule has 0 radical (unpaired) electrons. The summed E-state index contributed by atoms with van der Waals surface area (Å²) < 4.78 is 12.6. The van der Waals surface area contributed by atoms with Crippen molar-refractivity contribution < 1.29 is 9.47 Å². The first kappa shape index (κ1) is 12.0. The van der Waals surface area contributed by atoms with Gasteiger partial charge in [-0.2, -0.15) is 9.61 Å². The summed E-state index contributed by atoms with van der Waals surface area (Å²) in [7, 11) is 1.63. The molecule has 8 heteroatoms. The molecule has 3 rings (SSSR count). The molecular formula is C10H15N5O2S. The molecule has 0 atom stereocenters. The number of rotatable bonds is 5. The maximum absolute atomic E-state index is 5.84. The second-order valence-corrected chi connectivity index (χ2v) is 5.62. The van der Waals surface area contributed by atoms with Crippen molar-refractivity contribution in [3.05, 3.63) is 10.8 Å². The van der Waals surface area contributed by atoms with Gasteiger partial charge in [-0.05, 0) is 6.92 Å². The van der Waals surface area contributed by atoms with Crippen LogP contribution in [0.1, 0.15) is 17.8 Å². The van der Waals surface area contributed by atoms with Crippen molar-refractivity contribution in [2.24, 2.45) is 0 Å². The molecule has 0 amide bonds. The van der Waals surface area contributed by atoms with Crippen LogP contribution in [-0.2, 0) is 22.7 Å². The summed E-state index contributed by atoms with van der Waals surface area (Å²) in [6.45, 7) is 4.81. The van der Waals surface area contributed by atoms with E-state index in [1.165, 1.54) is 11.3 Å². The van der Waals surface area contributed by atoms with Gasteiger partial charge >= 0.3 is 0 Å². The number of nitrogens with zero attached hydrogens (tertiary/aromatic N) is 4. The predicted molar refractivity (Wildman–Crippen MR) is 65.4 cm³/mol. The minimum absolute atomic E-state index is 0.0542. The third-order valence-corrected chi connectivity index (χ3v) is 3.79. The number of nitrogens with one attached hydrogen (secondary N) is 1. The van der Waals surface area contributed by atoms with Crippen molar-refractivity contribution in [1.82, 2.24) is 25.1 Å². The minimum Gasteiger partial charge on any atom is -0.377 e. The molecule has 3 heterocycles. The number of methoxy groups -OCH3 is 1. The van der Waals surface area contributed by atoms with Crippen molar-refractivity contribution >= 4 is 16.3 Å². The van der Waals surface area contributed by atoms with Gasteiger partial charge in [-0.15, -0.1) is 10.2 Å². The lowest BCUT2D eigenvalue weighted by atomic mass is 10.0. The summed E-state index contributed by atoms with van der Waals surface area (Å²) in [6, 6.07) is 0. The average molecular weight is 269 g/mol. The van der Waals surface area contributed by atoms with E-state index in [4.69, 9.17) is 9.47 Å². The maximum atomic E-state index is 5.84. The van der Waals surface area contributed by atoms with E-state index < -0.39 is 0 Å². The second kappa shape index (κ2) is 4.54. The molecule has 0 spiro atoms. The fraction of sp³-hybridized carbons (Fsp3) is 0.700. The smallest absolute Gasteiger partial charge is 0.234 e. The largest absolute Gasteiger partial charge is 0.377 e. The van der Waals surface area contributed by atoms with Gasteiger partial charge in [0, 0.05) is 20.2 Å². The van der Waals surface area contributed by atoms with Crippen LogP contribution in [0, 0.1) is 0 Å². The molecule has 1 aliphatic rings. The first-order valence-corrected chi connectivity index (χ1v) is 6.55. The molecule has 7 nitrogen and oxygen atoms in total. The molecule has 18 heavy (non-hydrogen) atoms. The SMILES string of the molecule is COCc1nnc2sc(COC3(C)CNC3)nn12. The average Bonchev–Trinajstić information content (AvgIpc) is 2.86. The number of hydrogen-bond acceptors (Lipinski definition) is 7. The third-order valence-electron chi connectivity index (χ3n) is 2.91. The first-order chi connectivity index (χ1) is 8.70. The maximum Gasteiger partial charge on any atom is 0.234 e. The predicted octanol–water partition coefficient (Wildman–Crippen LogP) is 0.211. The van der Waals surface area contributed by atoms with Crippen LogP contribution in [0.15, 0.2) is 0 Å². The van der Waals surface area contributed by atoms with E-state index in [1.54, 1.807) is 11.6 Å². The van der Waals surface area contributed by atoms with Crippen LogP contribution in [0.4, 0.5) is 0 Å². The lowest BCUT2D eigenvalue weighted by Crippen LogP contribution is -2.58. The second-order valence-electron chi connectivity index (χ2n) is 4.58. The van der Waals surface area contributed by atoms with Gasteiger partial charge in [0.25, 0.3) is 0 Å². The van der Waals surface area contributed by atoms with Crippen molar-refractivity contribution in [2.75, 3.05) is 20.2 Å². The van der Waals surface area contributed by atoms with Gasteiger partial charge in [-0.1, -0.05) is 11.3 Å². The molecule has 1 aliphatic heterocycles. The first-order valence-electron chi connectivity index (χ1n) is 5.74. The van der Waals surface area contributed by atoms with E-state index in [1.807, 2.05) is 0 Å². The normalized spacial score (nSPS) is 18.1. The van der Waals surface area contributed by atoms with E-state index in [0.717, 1.165) is 23.1 Å². The van der Waals surface area contributed by atoms with Crippen molar-refractivity contribution in [1.29, 1.82) is 0 Å². The molecule has 1 fully saturated rings. The Morgan fingerprint density at radius 1 is 1.39 bits per heavy atom. The Morgan fingerprint density at radius 2 is 2.22 bits per heavy atom. The van der Waals surface area contributed by atoms with Crippen LogP contribution in [0.3, 0.4) is 0 Å². The lowest BCUT2D eigenvalue weighted by molar-refractivity contribution is -0.0769. The van der Waals surface area contributed by atoms with Gasteiger partial charge in [0.15, 0.2) is 5.82 Å². The van der Waals surface area contributed by atoms with Crippen LogP contribution in [0.5, 0.6) is 0 Å². The summed E-state index contributed by atoms with van der Waals surface area (Å²) in [4.78, 5) is 0.775. The van der Waals surface area contributed by atoms with E-state index in [0.29, 0.717) is 19.0 Å². The van der Waals surface area contributed by atoms with E-state index in [2.05, 4.69) is 27.5 Å². The zero-order valence-electron chi connectivity index (χ0n) is 10.3. The highest BCUT2D eigenvalue weighted by atomic mass is 32.1. The van der Waals surface area contributed by atoms with Gasteiger partial charge in [0.2, 0.25) is 4.96 Å². The molecule has 0 bridgehead atoms. The van der Waals surface area contributed by atoms with E-state index in [-0.39, 0.29) is 5.60 Å². The molecule has 1 saturated heterocycles. The zero-order valence-corrected chi connectivity index (χ0v) is 11.2. The lowest BCUT2D eigenvalue weighted by Gasteiger charge is -2.38. The van der Waals surface area contributed by atoms with Gasteiger partial charge in [0.05, 0.1) is 5.60 Å². The summed E-state index contributed by atoms with van der Waals surface area (Å²) in [5, 5.41) is 16.6.